The number of carbonyl (C=O) groups excluding carboxylic acids is 1. The van der Waals surface area contributed by atoms with Crippen LogP contribution >= 0.6 is 22.9 Å². The van der Waals surface area contributed by atoms with Gasteiger partial charge in [0.15, 0.2) is 5.84 Å². The fraction of sp³-hybridized carbons (Fsp3) is 0.188. The number of carbonyl (C=O) groups is 1. The smallest absolute Gasteiger partial charge is 0.338 e. The van der Waals surface area contributed by atoms with Crippen molar-refractivity contribution in [2.45, 2.75) is 13.0 Å². The fourth-order valence-corrected chi connectivity index (χ4v) is 3.21. The zero-order valence-electron chi connectivity index (χ0n) is 12.8. The highest BCUT2D eigenvalue weighted by atomic mass is 35.5. The highest BCUT2D eigenvalue weighted by Gasteiger charge is 2.31. The molecular weight excluding hydrogens is 353 g/mol. The van der Waals surface area contributed by atoms with Crippen LogP contribution in [0.5, 0.6) is 0 Å². The number of rotatable bonds is 3. The van der Waals surface area contributed by atoms with Crippen LogP contribution in [0.1, 0.15) is 24.2 Å². The molecule has 2 aromatic rings. The Bertz CT molecular complexity index is 845. The minimum Gasteiger partial charge on any atom is -0.466 e. The number of nitrogens with zero attached hydrogens (tertiary/aromatic N) is 2. The summed E-state index contributed by atoms with van der Waals surface area (Å²) in [6.07, 6.45) is 0. The Hall–Kier alpha value is -2.25. The van der Waals surface area contributed by atoms with Crippen molar-refractivity contribution in [3.63, 3.8) is 0 Å². The number of halogens is 2. The van der Waals surface area contributed by atoms with Gasteiger partial charge in [-0.05, 0) is 24.6 Å². The summed E-state index contributed by atoms with van der Waals surface area (Å²) in [7, 11) is 1.31. The molecule has 0 radical (unpaired) electrons. The summed E-state index contributed by atoms with van der Waals surface area (Å²) >= 11 is 7.43. The number of amidine groups is 1. The van der Waals surface area contributed by atoms with Crippen molar-refractivity contribution >= 4 is 34.7 Å². The van der Waals surface area contributed by atoms with E-state index in [-0.39, 0.29) is 5.82 Å². The van der Waals surface area contributed by atoms with Crippen molar-refractivity contribution < 1.29 is 13.9 Å². The van der Waals surface area contributed by atoms with Crippen LogP contribution in [0.25, 0.3) is 0 Å². The molecule has 124 valence electrons. The molecule has 1 aromatic carbocycles. The van der Waals surface area contributed by atoms with Crippen molar-refractivity contribution in [2.75, 3.05) is 7.11 Å². The summed E-state index contributed by atoms with van der Waals surface area (Å²) in [6.45, 7) is 1.75. The van der Waals surface area contributed by atoms with E-state index < -0.39 is 12.0 Å². The van der Waals surface area contributed by atoms with Gasteiger partial charge in [-0.2, -0.15) is 0 Å². The third kappa shape index (κ3) is 3.05. The minimum atomic E-state index is -0.632. The number of benzene rings is 1. The summed E-state index contributed by atoms with van der Waals surface area (Å²) in [6, 6.07) is 5.20. The quantitative estimate of drug-likeness (QED) is 0.846. The lowest BCUT2D eigenvalue weighted by atomic mass is 9.96. The Balaban J connectivity index is 2.11. The molecule has 5 nitrogen and oxygen atoms in total. The van der Waals surface area contributed by atoms with Gasteiger partial charge < -0.3 is 10.1 Å². The van der Waals surface area contributed by atoms with E-state index in [4.69, 9.17) is 16.3 Å². The van der Waals surface area contributed by atoms with Crippen LogP contribution in [-0.2, 0) is 9.53 Å². The van der Waals surface area contributed by atoms with E-state index in [2.05, 4.69) is 15.3 Å². The van der Waals surface area contributed by atoms with E-state index in [9.17, 15) is 9.18 Å². The van der Waals surface area contributed by atoms with Gasteiger partial charge >= 0.3 is 5.97 Å². The number of thiazole rings is 1. The first kappa shape index (κ1) is 16.6. The molecule has 1 unspecified atom stereocenters. The number of allylic oxidation sites excluding steroid dienone is 1. The predicted molar refractivity (Wildman–Crippen MR) is 90.7 cm³/mol. The normalized spacial score (nSPS) is 17.3. The predicted octanol–water partition coefficient (Wildman–Crippen LogP) is 3.47. The highest BCUT2D eigenvalue weighted by molar-refractivity contribution is 7.14. The maximum absolute atomic E-state index is 13.2. The summed E-state index contributed by atoms with van der Waals surface area (Å²) in [5, 5.41) is 3.05. The molecule has 1 atom stereocenters. The standard InChI is InChI=1S/C16H13ClFN3O2S/c1-8-11(16(22)23-2)12(9-3-5-10(18)6-4-9)21-15(20-8)13-14(17)24-7-19-13/h3-7,12H,1-2H3,(H,20,21). The summed E-state index contributed by atoms with van der Waals surface area (Å²) in [5.41, 5.74) is 3.74. The highest BCUT2D eigenvalue weighted by Crippen LogP contribution is 2.33. The number of hydrogen-bond donors (Lipinski definition) is 1. The molecule has 24 heavy (non-hydrogen) atoms. The molecule has 0 spiro atoms. The monoisotopic (exact) mass is 365 g/mol. The zero-order chi connectivity index (χ0) is 17.3. The van der Waals surface area contributed by atoms with E-state index in [0.29, 0.717) is 32.7 Å². The van der Waals surface area contributed by atoms with Gasteiger partial charge in [0.25, 0.3) is 0 Å². The first-order valence-corrected chi connectivity index (χ1v) is 8.25. The van der Waals surface area contributed by atoms with Crippen LogP contribution in [0.15, 0.2) is 46.0 Å². The number of hydrogen-bond acceptors (Lipinski definition) is 6. The topological polar surface area (TPSA) is 63.6 Å². The Labute approximate surface area is 146 Å². The average Bonchev–Trinajstić information content (AvgIpc) is 3.00. The van der Waals surface area contributed by atoms with Gasteiger partial charge in [-0.1, -0.05) is 23.7 Å². The van der Waals surface area contributed by atoms with Gasteiger partial charge in [0.1, 0.15) is 21.9 Å². The van der Waals surface area contributed by atoms with Gasteiger partial charge in [-0.25, -0.2) is 14.2 Å². The molecule has 1 aliphatic rings. The maximum atomic E-state index is 13.2. The van der Waals surface area contributed by atoms with E-state index in [1.54, 1.807) is 24.6 Å². The molecular formula is C16H13ClFN3O2S. The second-order valence-electron chi connectivity index (χ2n) is 5.06. The number of aromatic nitrogens is 1. The van der Waals surface area contributed by atoms with E-state index in [1.807, 2.05) is 0 Å². The lowest BCUT2D eigenvalue weighted by Gasteiger charge is -2.25. The second-order valence-corrected chi connectivity index (χ2v) is 6.52. The van der Waals surface area contributed by atoms with Crippen molar-refractivity contribution in [3.8, 4) is 0 Å². The van der Waals surface area contributed by atoms with E-state index in [1.165, 1.54) is 30.6 Å². The number of aliphatic imine (C=N–C) groups is 1. The second kappa shape index (κ2) is 6.70. The molecule has 0 aliphatic carbocycles. The molecule has 1 aliphatic heterocycles. The number of esters is 1. The van der Waals surface area contributed by atoms with Crippen molar-refractivity contribution in [2.24, 2.45) is 4.99 Å². The fourth-order valence-electron chi connectivity index (χ4n) is 2.44. The van der Waals surface area contributed by atoms with E-state index in [0.717, 1.165) is 0 Å². The van der Waals surface area contributed by atoms with Crippen LogP contribution < -0.4 is 5.32 Å². The summed E-state index contributed by atoms with van der Waals surface area (Å²) in [5.74, 6) is -0.401. The lowest BCUT2D eigenvalue weighted by Crippen LogP contribution is -2.33. The molecule has 2 heterocycles. The number of methoxy groups -OCH3 is 1. The molecule has 8 heteroatoms. The van der Waals surface area contributed by atoms with Crippen LogP contribution in [-0.4, -0.2) is 23.9 Å². The van der Waals surface area contributed by atoms with Crippen LogP contribution in [0, 0.1) is 5.82 Å². The Morgan fingerprint density at radius 2 is 2.08 bits per heavy atom. The first-order valence-electron chi connectivity index (χ1n) is 7.00. The maximum Gasteiger partial charge on any atom is 0.338 e. The third-order valence-corrected chi connectivity index (χ3v) is 4.64. The molecule has 1 aromatic heterocycles. The molecule has 0 saturated carbocycles. The van der Waals surface area contributed by atoms with E-state index >= 15 is 0 Å². The molecule has 0 saturated heterocycles. The number of nitrogens with one attached hydrogen (secondary N) is 1. The van der Waals surface area contributed by atoms with Crippen LogP contribution in [0.4, 0.5) is 4.39 Å². The zero-order valence-corrected chi connectivity index (χ0v) is 14.4. The van der Waals surface area contributed by atoms with Gasteiger partial charge in [-0.3, -0.25) is 4.99 Å². The largest absolute Gasteiger partial charge is 0.466 e. The molecule has 0 bridgehead atoms. The molecule has 1 N–H and O–H groups in total. The molecule has 0 fully saturated rings. The summed E-state index contributed by atoms with van der Waals surface area (Å²) < 4.78 is 18.6. The van der Waals surface area contributed by atoms with Gasteiger partial charge in [0.2, 0.25) is 0 Å². The first-order chi connectivity index (χ1) is 11.5. The molecule has 3 rings (SSSR count). The van der Waals surface area contributed by atoms with Crippen LogP contribution in [0.2, 0.25) is 4.34 Å². The van der Waals surface area contributed by atoms with Crippen molar-refractivity contribution in [3.05, 3.63) is 62.5 Å². The number of ether oxygens (including phenoxy) is 1. The minimum absolute atomic E-state index is 0.360. The SMILES string of the molecule is COC(=O)C1=C(C)NC(c2ncsc2Cl)=NC1c1ccc(F)cc1. The van der Waals surface area contributed by atoms with Gasteiger partial charge in [0, 0.05) is 5.70 Å². The van der Waals surface area contributed by atoms with Crippen molar-refractivity contribution in [1.29, 1.82) is 0 Å². The average molecular weight is 366 g/mol. The van der Waals surface area contributed by atoms with Gasteiger partial charge in [-0.15, -0.1) is 11.3 Å². The Kier molecular flexibility index (Phi) is 4.64. The Morgan fingerprint density at radius 3 is 2.67 bits per heavy atom. The summed E-state index contributed by atoms with van der Waals surface area (Å²) in [4.78, 5) is 21.0. The molecule has 0 amide bonds. The van der Waals surface area contributed by atoms with Crippen molar-refractivity contribution in [1.82, 2.24) is 10.3 Å². The van der Waals surface area contributed by atoms with Crippen LogP contribution in [0.3, 0.4) is 0 Å². The Morgan fingerprint density at radius 1 is 1.38 bits per heavy atom. The third-order valence-electron chi connectivity index (χ3n) is 3.58. The lowest BCUT2D eigenvalue weighted by molar-refractivity contribution is -0.136. The van der Waals surface area contributed by atoms with Gasteiger partial charge in [0.05, 0.1) is 18.2 Å².